The first-order chi connectivity index (χ1) is 19.7. The van der Waals surface area contributed by atoms with E-state index in [9.17, 15) is 39.5 Å². The van der Waals surface area contributed by atoms with Gasteiger partial charge in [0.1, 0.15) is 0 Å². The molecule has 0 radical (unpaired) electrons. The van der Waals surface area contributed by atoms with E-state index in [0.717, 1.165) is 24.3 Å². The predicted molar refractivity (Wildman–Crippen MR) is 141 cm³/mol. The molecule has 1 heterocycles. The molecule has 0 aliphatic heterocycles. The first kappa shape index (κ1) is 28.9. The maximum Gasteiger partial charge on any atom is 0.417 e. The van der Waals surface area contributed by atoms with Gasteiger partial charge in [-0.1, -0.05) is 66.7 Å². The molecule has 0 saturated carbocycles. The summed E-state index contributed by atoms with van der Waals surface area (Å²) in [6.45, 7) is 0. The second-order valence-corrected chi connectivity index (χ2v) is 9.35. The van der Waals surface area contributed by atoms with E-state index in [-0.39, 0.29) is 11.1 Å². The average molecular weight is 587 g/mol. The lowest BCUT2D eigenvalue weighted by atomic mass is 9.83. The van der Waals surface area contributed by atoms with Crippen LogP contribution in [0.15, 0.2) is 109 Å². The number of hydrogen-bond acceptors (Lipinski definition) is 1. The first-order valence-corrected chi connectivity index (χ1v) is 12.3. The molecule has 0 fully saturated rings. The second kappa shape index (κ2) is 10.7. The molecule has 5 rings (SSSR count). The van der Waals surface area contributed by atoms with Crippen molar-refractivity contribution >= 4 is 0 Å². The average Bonchev–Trinajstić information content (AvgIpc) is 2.96. The third kappa shape index (κ3) is 5.74. The van der Waals surface area contributed by atoms with Crippen molar-refractivity contribution in [1.82, 2.24) is 4.98 Å². The molecule has 214 valence electrons. The Balaban J connectivity index is 1.91. The Morgan fingerprint density at radius 3 is 1.33 bits per heavy atom. The highest BCUT2D eigenvalue weighted by Gasteiger charge is 2.39. The van der Waals surface area contributed by atoms with Crippen LogP contribution < -0.4 is 0 Å². The van der Waals surface area contributed by atoms with Crippen molar-refractivity contribution in [3.63, 3.8) is 0 Å². The molecule has 0 amide bonds. The normalized spacial score (nSPS) is 12.4. The Hall–Kier alpha value is -4.60. The minimum absolute atomic E-state index is 0.121. The van der Waals surface area contributed by atoms with Crippen molar-refractivity contribution in [2.75, 3.05) is 0 Å². The van der Waals surface area contributed by atoms with Crippen LogP contribution in [-0.2, 0) is 18.5 Å². The van der Waals surface area contributed by atoms with Gasteiger partial charge in [-0.25, -0.2) is 0 Å². The largest absolute Gasteiger partial charge is 0.417 e. The Bertz CT molecular complexity index is 1640. The minimum atomic E-state index is -5.08. The molecule has 0 bridgehead atoms. The Morgan fingerprint density at radius 1 is 0.429 bits per heavy atom. The van der Waals surface area contributed by atoms with Gasteiger partial charge in [0.25, 0.3) is 0 Å². The van der Waals surface area contributed by atoms with Crippen LogP contribution in [0.2, 0.25) is 0 Å². The third-order valence-electron chi connectivity index (χ3n) is 6.68. The molecule has 0 atom stereocenters. The van der Waals surface area contributed by atoms with Crippen molar-refractivity contribution in [3.8, 4) is 44.5 Å². The van der Waals surface area contributed by atoms with Crippen molar-refractivity contribution in [1.29, 1.82) is 0 Å². The lowest BCUT2D eigenvalue weighted by Crippen LogP contribution is -2.11. The highest BCUT2D eigenvalue weighted by atomic mass is 19.4. The standard InChI is InChI=1S/C32H18F9N/c33-30(34,35)22-16-25(23-7-1-3-9-27(23)31(36,37)38)29(20-13-11-19(12-14-20)21-6-5-15-42-18-21)26(17-22)24-8-2-4-10-28(24)32(39,40)41/h1-18H. The Morgan fingerprint density at radius 2 is 0.905 bits per heavy atom. The summed E-state index contributed by atoms with van der Waals surface area (Å²) in [6, 6.07) is 18.6. The molecular weight excluding hydrogens is 569 g/mol. The summed E-state index contributed by atoms with van der Waals surface area (Å²) < 4.78 is 127. The summed E-state index contributed by atoms with van der Waals surface area (Å²) in [4.78, 5) is 4.03. The lowest BCUT2D eigenvalue weighted by Gasteiger charge is -2.23. The van der Waals surface area contributed by atoms with Crippen LogP contribution in [0.5, 0.6) is 0 Å². The lowest BCUT2D eigenvalue weighted by molar-refractivity contribution is -0.137. The quantitative estimate of drug-likeness (QED) is 0.191. The van der Waals surface area contributed by atoms with E-state index in [1.54, 1.807) is 36.7 Å². The van der Waals surface area contributed by atoms with Crippen molar-refractivity contribution in [3.05, 3.63) is 126 Å². The molecule has 10 heteroatoms. The molecule has 0 aliphatic carbocycles. The van der Waals surface area contributed by atoms with Crippen LogP contribution in [0.1, 0.15) is 16.7 Å². The fourth-order valence-electron chi connectivity index (χ4n) is 4.83. The van der Waals surface area contributed by atoms with Gasteiger partial charge in [-0.05, 0) is 74.8 Å². The molecule has 0 unspecified atom stereocenters. The number of rotatable bonds is 4. The van der Waals surface area contributed by atoms with Crippen LogP contribution in [0.4, 0.5) is 39.5 Å². The number of halogens is 9. The van der Waals surface area contributed by atoms with Gasteiger partial charge in [-0.2, -0.15) is 39.5 Å². The van der Waals surface area contributed by atoms with Gasteiger partial charge in [0, 0.05) is 12.4 Å². The number of alkyl halides is 9. The summed E-state index contributed by atoms with van der Waals surface area (Å²) in [5.41, 5.74) is -4.86. The topological polar surface area (TPSA) is 12.9 Å². The summed E-state index contributed by atoms with van der Waals surface area (Å²) in [5.74, 6) is 0. The van der Waals surface area contributed by atoms with Crippen molar-refractivity contribution < 1.29 is 39.5 Å². The molecule has 0 aliphatic rings. The zero-order valence-corrected chi connectivity index (χ0v) is 21.2. The molecule has 1 aromatic heterocycles. The van der Waals surface area contributed by atoms with Gasteiger partial charge in [-0.15, -0.1) is 0 Å². The second-order valence-electron chi connectivity index (χ2n) is 9.35. The van der Waals surface area contributed by atoms with Gasteiger partial charge in [-0.3, -0.25) is 4.98 Å². The summed E-state index contributed by atoms with van der Waals surface area (Å²) in [7, 11) is 0. The van der Waals surface area contributed by atoms with Gasteiger partial charge in [0.2, 0.25) is 0 Å². The van der Waals surface area contributed by atoms with Gasteiger partial charge in [0.15, 0.2) is 0 Å². The smallest absolute Gasteiger partial charge is 0.264 e. The highest BCUT2D eigenvalue weighted by molar-refractivity contribution is 5.97. The molecule has 0 saturated heterocycles. The predicted octanol–water partition coefficient (Wildman–Crippen LogP) is 10.8. The Labute approximate surface area is 233 Å². The zero-order chi connectivity index (χ0) is 30.3. The molecule has 0 spiro atoms. The number of pyridine rings is 1. The Kier molecular flexibility index (Phi) is 7.34. The van der Waals surface area contributed by atoms with Crippen LogP contribution in [-0.4, -0.2) is 4.98 Å². The number of nitrogens with zero attached hydrogens (tertiary/aromatic N) is 1. The van der Waals surface area contributed by atoms with Crippen LogP contribution >= 0.6 is 0 Å². The van der Waals surface area contributed by atoms with E-state index < -0.39 is 57.5 Å². The summed E-state index contributed by atoms with van der Waals surface area (Å²) >= 11 is 0. The van der Waals surface area contributed by atoms with E-state index in [4.69, 9.17) is 0 Å². The first-order valence-electron chi connectivity index (χ1n) is 12.3. The van der Waals surface area contributed by atoms with Crippen molar-refractivity contribution in [2.45, 2.75) is 18.5 Å². The van der Waals surface area contributed by atoms with E-state index in [0.29, 0.717) is 35.4 Å². The maximum absolute atomic E-state index is 14.2. The van der Waals surface area contributed by atoms with Crippen LogP contribution in [0, 0.1) is 0 Å². The third-order valence-corrected chi connectivity index (χ3v) is 6.68. The minimum Gasteiger partial charge on any atom is -0.264 e. The molecule has 5 aromatic rings. The number of aromatic nitrogens is 1. The van der Waals surface area contributed by atoms with Gasteiger partial charge >= 0.3 is 18.5 Å². The fraction of sp³-hybridized carbons (Fsp3) is 0.0938. The van der Waals surface area contributed by atoms with Crippen molar-refractivity contribution in [2.24, 2.45) is 0 Å². The monoisotopic (exact) mass is 587 g/mol. The maximum atomic E-state index is 14.2. The van der Waals surface area contributed by atoms with E-state index in [1.165, 1.54) is 24.3 Å². The number of benzene rings is 4. The SMILES string of the molecule is FC(F)(F)c1cc(-c2ccccc2C(F)(F)F)c(-c2ccc(-c3cccnc3)cc2)c(-c2ccccc2C(F)(F)F)c1. The van der Waals surface area contributed by atoms with E-state index in [2.05, 4.69) is 4.98 Å². The van der Waals surface area contributed by atoms with E-state index in [1.807, 2.05) is 0 Å². The van der Waals surface area contributed by atoms with Crippen LogP contribution in [0.3, 0.4) is 0 Å². The number of hydrogen-bond donors (Lipinski definition) is 0. The van der Waals surface area contributed by atoms with Gasteiger partial charge in [0.05, 0.1) is 16.7 Å². The zero-order valence-electron chi connectivity index (χ0n) is 21.2. The summed E-state index contributed by atoms with van der Waals surface area (Å²) in [5, 5.41) is 0. The van der Waals surface area contributed by atoms with Crippen LogP contribution in [0.25, 0.3) is 44.5 Å². The molecule has 0 N–H and O–H groups in total. The molecular formula is C32H18F9N. The molecule has 42 heavy (non-hydrogen) atoms. The highest BCUT2D eigenvalue weighted by Crippen LogP contribution is 2.49. The molecule has 4 aromatic carbocycles. The van der Waals surface area contributed by atoms with Gasteiger partial charge < -0.3 is 0 Å². The fourth-order valence-corrected chi connectivity index (χ4v) is 4.83. The van der Waals surface area contributed by atoms with E-state index >= 15 is 0 Å². The molecule has 1 nitrogen and oxygen atoms in total. The summed E-state index contributed by atoms with van der Waals surface area (Å²) in [6.07, 6.45) is -11.9.